The van der Waals surface area contributed by atoms with E-state index in [2.05, 4.69) is 5.32 Å². The van der Waals surface area contributed by atoms with Crippen LogP contribution < -0.4 is 10.1 Å². The van der Waals surface area contributed by atoms with Gasteiger partial charge in [0.2, 0.25) is 5.91 Å². The van der Waals surface area contributed by atoms with Crippen molar-refractivity contribution in [3.8, 4) is 5.75 Å². The first-order valence-electron chi connectivity index (χ1n) is 7.66. The van der Waals surface area contributed by atoms with Crippen LogP contribution in [0.5, 0.6) is 5.75 Å². The predicted molar refractivity (Wildman–Crippen MR) is 87.1 cm³/mol. The van der Waals surface area contributed by atoms with Crippen molar-refractivity contribution >= 4 is 15.7 Å². The van der Waals surface area contributed by atoms with E-state index in [-0.39, 0.29) is 12.6 Å². The molecule has 0 aliphatic carbocycles. The fraction of sp³-hybridized carbons (Fsp3) is 0.562. The number of hydrogen-bond acceptors (Lipinski definition) is 5. The molecule has 1 fully saturated rings. The molecule has 2 rings (SSSR count). The molecule has 0 unspecified atom stereocenters. The molecule has 7 heteroatoms. The van der Waals surface area contributed by atoms with Crippen LogP contribution >= 0.6 is 0 Å². The van der Waals surface area contributed by atoms with Crippen LogP contribution in [0.4, 0.5) is 0 Å². The third-order valence-electron chi connectivity index (χ3n) is 3.86. The molecular weight excluding hydrogens is 318 g/mol. The van der Waals surface area contributed by atoms with Crippen molar-refractivity contribution in [2.75, 3.05) is 19.5 Å². The normalized spacial score (nSPS) is 19.3. The summed E-state index contributed by atoms with van der Waals surface area (Å²) in [5.74, 6) is 0.256. The summed E-state index contributed by atoms with van der Waals surface area (Å²) in [7, 11) is -3.37. The molecule has 0 bridgehead atoms. The Hall–Kier alpha value is -1.60. The second kappa shape index (κ2) is 7.79. The third kappa shape index (κ3) is 5.51. The van der Waals surface area contributed by atoms with Gasteiger partial charge in [-0.3, -0.25) is 4.79 Å². The van der Waals surface area contributed by atoms with Crippen molar-refractivity contribution in [1.29, 1.82) is 0 Å². The standard InChI is InChI=1S/C16H23NO5S/c1-12(23(2,19)20)16(18)17-10-13-5-7-14(8-6-13)22-11-15-4-3-9-21-15/h5-8,12,15H,3-4,9-11H2,1-2H3,(H,17,18)/t12-,15+/m0/s1. The number of sulfone groups is 1. The highest BCUT2D eigenvalue weighted by molar-refractivity contribution is 7.92. The van der Waals surface area contributed by atoms with Gasteiger partial charge in [0.1, 0.15) is 17.6 Å². The maximum Gasteiger partial charge on any atom is 0.238 e. The highest BCUT2D eigenvalue weighted by Crippen LogP contribution is 2.16. The quantitative estimate of drug-likeness (QED) is 0.808. The Balaban J connectivity index is 1.79. The Bertz CT molecular complexity index is 620. The predicted octanol–water partition coefficient (Wildman–Crippen LogP) is 1.29. The van der Waals surface area contributed by atoms with E-state index in [4.69, 9.17) is 9.47 Å². The molecule has 1 amide bonds. The van der Waals surface area contributed by atoms with Gasteiger partial charge in [-0.1, -0.05) is 12.1 Å². The zero-order chi connectivity index (χ0) is 16.9. The van der Waals surface area contributed by atoms with Gasteiger partial charge in [-0.05, 0) is 37.5 Å². The lowest BCUT2D eigenvalue weighted by Gasteiger charge is -2.12. The number of carbonyl (C=O) groups is 1. The van der Waals surface area contributed by atoms with Crippen molar-refractivity contribution in [3.63, 3.8) is 0 Å². The second-order valence-electron chi connectivity index (χ2n) is 5.78. The number of benzene rings is 1. The van der Waals surface area contributed by atoms with Crippen molar-refractivity contribution in [1.82, 2.24) is 5.32 Å². The van der Waals surface area contributed by atoms with E-state index >= 15 is 0 Å². The number of ether oxygens (including phenoxy) is 2. The Kier molecular flexibility index (Phi) is 6.01. The lowest BCUT2D eigenvalue weighted by molar-refractivity contribution is -0.120. The minimum absolute atomic E-state index is 0.173. The molecule has 1 N–H and O–H groups in total. The van der Waals surface area contributed by atoms with Crippen LogP contribution in [0, 0.1) is 0 Å². The molecule has 0 radical (unpaired) electrons. The van der Waals surface area contributed by atoms with Gasteiger partial charge in [-0.2, -0.15) is 0 Å². The minimum atomic E-state index is -3.37. The van der Waals surface area contributed by atoms with Gasteiger partial charge in [0.25, 0.3) is 0 Å². The van der Waals surface area contributed by atoms with E-state index < -0.39 is 21.0 Å². The molecule has 1 aromatic rings. The molecule has 23 heavy (non-hydrogen) atoms. The van der Waals surface area contributed by atoms with E-state index in [1.807, 2.05) is 24.3 Å². The first kappa shape index (κ1) is 17.7. The van der Waals surface area contributed by atoms with Crippen molar-refractivity contribution in [2.45, 2.75) is 37.7 Å². The van der Waals surface area contributed by atoms with Crippen LogP contribution in [0.15, 0.2) is 24.3 Å². The average Bonchev–Trinajstić information content (AvgIpc) is 3.03. The molecule has 6 nitrogen and oxygen atoms in total. The minimum Gasteiger partial charge on any atom is -0.491 e. The molecule has 0 saturated carbocycles. The Labute approximate surface area is 137 Å². The molecule has 2 atom stereocenters. The van der Waals surface area contributed by atoms with Crippen LogP contribution in [0.2, 0.25) is 0 Å². The SMILES string of the molecule is C[C@@H](C(=O)NCc1ccc(OC[C@H]2CCCO2)cc1)S(C)(=O)=O. The molecular formula is C16H23NO5S. The zero-order valence-electron chi connectivity index (χ0n) is 13.4. The van der Waals surface area contributed by atoms with E-state index in [1.165, 1.54) is 6.92 Å². The summed E-state index contributed by atoms with van der Waals surface area (Å²) in [5.41, 5.74) is 0.878. The number of carbonyl (C=O) groups excluding carboxylic acids is 1. The van der Waals surface area contributed by atoms with Gasteiger partial charge in [-0.25, -0.2) is 8.42 Å². The van der Waals surface area contributed by atoms with Crippen molar-refractivity contribution in [3.05, 3.63) is 29.8 Å². The average molecular weight is 341 g/mol. The third-order valence-corrected chi connectivity index (χ3v) is 5.36. The Morgan fingerprint density at radius 3 is 2.65 bits per heavy atom. The molecule has 128 valence electrons. The number of nitrogens with one attached hydrogen (secondary N) is 1. The van der Waals surface area contributed by atoms with Crippen LogP contribution in [-0.4, -0.2) is 45.1 Å². The summed E-state index contributed by atoms with van der Waals surface area (Å²) in [6, 6.07) is 7.35. The highest BCUT2D eigenvalue weighted by atomic mass is 32.2. The molecule has 0 aromatic heterocycles. The first-order valence-corrected chi connectivity index (χ1v) is 9.61. The molecule has 1 aliphatic heterocycles. The van der Waals surface area contributed by atoms with Crippen molar-refractivity contribution in [2.24, 2.45) is 0 Å². The van der Waals surface area contributed by atoms with Crippen molar-refractivity contribution < 1.29 is 22.7 Å². The van der Waals surface area contributed by atoms with E-state index in [9.17, 15) is 13.2 Å². The Morgan fingerprint density at radius 2 is 2.09 bits per heavy atom. The van der Waals surface area contributed by atoms with Gasteiger partial charge < -0.3 is 14.8 Å². The van der Waals surface area contributed by atoms with E-state index in [0.29, 0.717) is 6.61 Å². The van der Waals surface area contributed by atoms with Gasteiger partial charge in [0, 0.05) is 19.4 Å². The lowest BCUT2D eigenvalue weighted by atomic mass is 10.2. The number of hydrogen-bond donors (Lipinski definition) is 1. The maximum absolute atomic E-state index is 11.8. The fourth-order valence-electron chi connectivity index (χ4n) is 2.20. The van der Waals surface area contributed by atoms with Gasteiger partial charge in [0.15, 0.2) is 9.84 Å². The Morgan fingerprint density at radius 1 is 1.39 bits per heavy atom. The van der Waals surface area contributed by atoms with Crippen LogP contribution in [0.25, 0.3) is 0 Å². The van der Waals surface area contributed by atoms with Crippen LogP contribution in [0.1, 0.15) is 25.3 Å². The maximum atomic E-state index is 11.8. The molecule has 1 aromatic carbocycles. The molecule has 1 aliphatic rings. The molecule has 1 saturated heterocycles. The van der Waals surface area contributed by atoms with E-state index in [1.54, 1.807) is 0 Å². The zero-order valence-corrected chi connectivity index (χ0v) is 14.3. The lowest BCUT2D eigenvalue weighted by Crippen LogP contribution is -2.36. The molecule has 1 heterocycles. The van der Waals surface area contributed by atoms with E-state index in [0.717, 1.165) is 37.0 Å². The summed E-state index contributed by atoms with van der Waals surface area (Å²) in [6.45, 7) is 3.01. The highest BCUT2D eigenvalue weighted by Gasteiger charge is 2.23. The summed E-state index contributed by atoms with van der Waals surface area (Å²) < 4.78 is 33.8. The monoisotopic (exact) mass is 341 g/mol. The summed E-state index contributed by atoms with van der Waals surface area (Å²) in [5, 5.41) is 1.58. The summed E-state index contributed by atoms with van der Waals surface area (Å²) in [4.78, 5) is 11.8. The second-order valence-corrected chi connectivity index (χ2v) is 8.15. The van der Waals surface area contributed by atoms with Gasteiger partial charge >= 0.3 is 0 Å². The smallest absolute Gasteiger partial charge is 0.238 e. The largest absolute Gasteiger partial charge is 0.491 e. The number of amides is 1. The summed E-state index contributed by atoms with van der Waals surface area (Å²) >= 11 is 0. The summed E-state index contributed by atoms with van der Waals surface area (Å²) in [6.07, 6.45) is 3.34. The van der Waals surface area contributed by atoms with Gasteiger partial charge in [0.05, 0.1) is 6.10 Å². The first-order chi connectivity index (χ1) is 10.9. The fourth-order valence-corrected chi connectivity index (χ4v) is 2.67. The molecule has 0 spiro atoms. The number of rotatable bonds is 7. The van der Waals surface area contributed by atoms with Crippen LogP contribution in [-0.2, 0) is 25.9 Å². The van der Waals surface area contributed by atoms with Crippen LogP contribution in [0.3, 0.4) is 0 Å². The topological polar surface area (TPSA) is 81.7 Å². The van der Waals surface area contributed by atoms with Gasteiger partial charge in [-0.15, -0.1) is 0 Å².